The summed E-state index contributed by atoms with van der Waals surface area (Å²) in [5.41, 5.74) is 2.39. The van der Waals surface area contributed by atoms with E-state index in [1.165, 1.54) is 22.4 Å². The lowest BCUT2D eigenvalue weighted by Crippen LogP contribution is -2.23. The van der Waals surface area contributed by atoms with Crippen LogP contribution in [-0.4, -0.2) is 24.2 Å². The molecule has 1 heterocycles. The molecule has 4 aromatic rings. The van der Waals surface area contributed by atoms with Crippen molar-refractivity contribution in [2.24, 2.45) is 5.10 Å². The molecule has 1 aromatic heterocycles. The fourth-order valence-corrected chi connectivity index (χ4v) is 3.97. The van der Waals surface area contributed by atoms with Crippen molar-refractivity contribution < 1.29 is 9.53 Å². The van der Waals surface area contributed by atoms with Gasteiger partial charge in [-0.15, -0.1) is 0 Å². The standard InChI is InChI=1S/C24H18ClN3O2S/c1-30-19-12-13-21-22(15-19)31-24(27-21)28(26-16-17-7-3-2-4-8-17)23(29)14-11-18-9-5-6-10-20(18)25/h2-16H,1H3/b14-11+,26-16+. The molecule has 5 nitrogen and oxygen atoms in total. The zero-order chi connectivity index (χ0) is 21.6. The van der Waals surface area contributed by atoms with Gasteiger partial charge in [0.05, 0.1) is 23.5 Å². The number of ether oxygens (including phenoxy) is 1. The van der Waals surface area contributed by atoms with Crippen molar-refractivity contribution in [2.75, 3.05) is 12.1 Å². The Balaban J connectivity index is 1.69. The second-order valence-electron chi connectivity index (χ2n) is 6.49. The van der Waals surface area contributed by atoms with E-state index >= 15 is 0 Å². The summed E-state index contributed by atoms with van der Waals surface area (Å²) in [6.45, 7) is 0. The van der Waals surface area contributed by atoms with E-state index in [2.05, 4.69) is 10.1 Å². The van der Waals surface area contributed by atoms with E-state index in [9.17, 15) is 4.79 Å². The van der Waals surface area contributed by atoms with Crippen LogP contribution in [-0.2, 0) is 4.79 Å². The highest BCUT2D eigenvalue weighted by molar-refractivity contribution is 7.22. The number of hydrogen-bond donors (Lipinski definition) is 0. The Morgan fingerprint density at radius 2 is 1.87 bits per heavy atom. The van der Waals surface area contributed by atoms with Crippen LogP contribution in [0.4, 0.5) is 5.13 Å². The number of halogens is 1. The molecule has 0 spiro atoms. The lowest BCUT2D eigenvalue weighted by molar-refractivity contribution is -0.114. The number of nitrogens with zero attached hydrogens (tertiary/aromatic N) is 3. The molecule has 1 amide bonds. The van der Waals surface area contributed by atoms with Crippen LogP contribution in [0.15, 0.2) is 84.0 Å². The van der Waals surface area contributed by atoms with Gasteiger partial charge < -0.3 is 4.74 Å². The molecule has 0 atom stereocenters. The van der Waals surface area contributed by atoms with Gasteiger partial charge >= 0.3 is 0 Å². The van der Waals surface area contributed by atoms with Gasteiger partial charge in [-0.1, -0.05) is 71.5 Å². The number of aromatic nitrogens is 1. The van der Waals surface area contributed by atoms with E-state index in [-0.39, 0.29) is 5.91 Å². The minimum absolute atomic E-state index is 0.335. The predicted molar refractivity (Wildman–Crippen MR) is 128 cm³/mol. The molecule has 154 valence electrons. The maximum Gasteiger partial charge on any atom is 0.273 e. The molecule has 0 saturated heterocycles. The van der Waals surface area contributed by atoms with Crippen molar-refractivity contribution in [3.05, 3.63) is 95.0 Å². The van der Waals surface area contributed by atoms with Crippen LogP contribution in [0.25, 0.3) is 16.3 Å². The summed E-state index contributed by atoms with van der Waals surface area (Å²) in [6, 6.07) is 22.5. The van der Waals surface area contributed by atoms with Crippen LogP contribution in [0.2, 0.25) is 5.02 Å². The van der Waals surface area contributed by atoms with Gasteiger partial charge in [0, 0.05) is 11.1 Å². The summed E-state index contributed by atoms with van der Waals surface area (Å²) >= 11 is 7.56. The molecule has 0 aliphatic heterocycles. The van der Waals surface area contributed by atoms with Crippen LogP contribution >= 0.6 is 22.9 Å². The Morgan fingerprint density at radius 3 is 2.65 bits per heavy atom. The highest BCUT2D eigenvalue weighted by Gasteiger charge is 2.17. The fourth-order valence-electron chi connectivity index (χ4n) is 2.82. The fraction of sp³-hybridized carbons (Fsp3) is 0.0417. The summed E-state index contributed by atoms with van der Waals surface area (Å²) in [4.78, 5) is 17.7. The van der Waals surface area contributed by atoms with Crippen LogP contribution in [0.5, 0.6) is 5.75 Å². The van der Waals surface area contributed by atoms with Gasteiger partial charge in [0.2, 0.25) is 5.13 Å². The maximum atomic E-state index is 13.1. The zero-order valence-corrected chi connectivity index (χ0v) is 18.2. The third kappa shape index (κ3) is 4.99. The summed E-state index contributed by atoms with van der Waals surface area (Å²) in [6.07, 6.45) is 4.75. The number of carbonyl (C=O) groups excluding carboxylic acids is 1. The quantitative estimate of drug-likeness (QED) is 0.206. The molecule has 3 aromatic carbocycles. The number of methoxy groups -OCH3 is 1. The van der Waals surface area contributed by atoms with Crippen molar-refractivity contribution >= 4 is 56.5 Å². The number of hydrazone groups is 1. The smallest absolute Gasteiger partial charge is 0.273 e. The summed E-state index contributed by atoms with van der Waals surface area (Å²) in [5.74, 6) is 0.394. The topological polar surface area (TPSA) is 54.8 Å². The van der Waals surface area contributed by atoms with E-state index in [0.29, 0.717) is 10.2 Å². The zero-order valence-electron chi connectivity index (χ0n) is 16.6. The van der Waals surface area contributed by atoms with Crippen LogP contribution in [0, 0.1) is 0 Å². The monoisotopic (exact) mass is 447 g/mol. The first kappa shape index (κ1) is 20.8. The number of rotatable bonds is 6. The molecular formula is C24H18ClN3O2S. The number of hydrogen-bond acceptors (Lipinski definition) is 5. The first-order chi connectivity index (χ1) is 15.1. The molecule has 31 heavy (non-hydrogen) atoms. The van der Waals surface area contributed by atoms with Gasteiger partial charge in [0.25, 0.3) is 5.91 Å². The van der Waals surface area contributed by atoms with Crippen molar-refractivity contribution in [3.63, 3.8) is 0 Å². The van der Waals surface area contributed by atoms with E-state index in [1.54, 1.807) is 25.5 Å². The Labute approximate surface area is 188 Å². The summed E-state index contributed by atoms with van der Waals surface area (Å²) in [5, 5.41) is 6.75. The number of amides is 1. The van der Waals surface area contributed by atoms with Crippen molar-refractivity contribution in [3.8, 4) is 5.75 Å². The first-order valence-electron chi connectivity index (χ1n) is 9.44. The Kier molecular flexibility index (Phi) is 6.40. The van der Waals surface area contributed by atoms with Gasteiger partial charge in [0.1, 0.15) is 5.75 Å². The largest absolute Gasteiger partial charge is 0.497 e. The van der Waals surface area contributed by atoms with Crippen molar-refractivity contribution in [1.82, 2.24) is 4.98 Å². The first-order valence-corrected chi connectivity index (χ1v) is 10.6. The second kappa shape index (κ2) is 9.55. The Morgan fingerprint density at radius 1 is 1.10 bits per heavy atom. The SMILES string of the molecule is COc1ccc2nc(N(/N=C/c3ccccc3)C(=O)/C=C/c3ccccc3Cl)sc2c1. The molecular weight excluding hydrogens is 430 g/mol. The lowest BCUT2D eigenvalue weighted by atomic mass is 10.2. The van der Waals surface area contributed by atoms with Crippen LogP contribution < -0.4 is 9.75 Å². The van der Waals surface area contributed by atoms with Crippen molar-refractivity contribution in [2.45, 2.75) is 0 Å². The lowest BCUT2D eigenvalue weighted by Gasteiger charge is -2.11. The minimum Gasteiger partial charge on any atom is -0.497 e. The third-order valence-electron chi connectivity index (χ3n) is 4.41. The van der Waals surface area contributed by atoms with Gasteiger partial charge in [-0.3, -0.25) is 4.79 Å². The molecule has 0 aliphatic carbocycles. The predicted octanol–water partition coefficient (Wildman–Crippen LogP) is 6.04. The van der Waals surface area contributed by atoms with Crippen molar-refractivity contribution in [1.29, 1.82) is 0 Å². The minimum atomic E-state index is -0.335. The second-order valence-corrected chi connectivity index (χ2v) is 7.91. The van der Waals surface area contributed by atoms with E-state index in [0.717, 1.165) is 27.1 Å². The molecule has 0 radical (unpaired) electrons. The average Bonchev–Trinajstić information content (AvgIpc) is 3.22. The normalized spacial score (nSPS) is 11.4. The van der Waals surface area contributed by atoms with E-state index < -0.39 is 0 Å². The highest BCUT2D eigenvalue weighted by atomic mass is 35.5. The molecule has 0 fully saturated rings. The molecule has 0 unspecified atom stereocenters. The van der Waals surface area contributed by atoms with Crippen LogP contribution in [0.3, 0.4) is 0 Å². The molecule has 7 heteroatoms. The van der Waals surface area contributed by atoms with Gasteiger partial charge in [0.15, 0.2) is 0 Å². The molecule has 4 rings (SSSR count). The van der Waals surface area contributed by atoms with E-state index in [1.807, 2.05) is 66.7 Å². The number of carbonyl (C=O) groups is 1. The third-order valence-corrected chi connectivity index (χ3v) is 5.74. The number of anilines is 1. The highest BCUT2D eigenvalue weighted by Crippen LogP contribution is 2.32. The number of fused-ring (bicyclic) bond motifs is 1. The number of benzene rings is 3. The van der Waals surface area contributed by atoms with Crippen LogP contribution in [0.1, 0.15) is 11.1 Å². The Hall–Kier alpha value is -3.48. The van der Waals surface area contributed by atoms with Gasteiger partial charge in [-0.25, -0.2) is 4.98 Å². The van der Waals surface area contributed by atoms with Gasteiger partial charge in [-0.2, -0.15) is 10.1 Å². The van der Waals surface area contributed by atoms with Gasteiger partial charge in [-0.05, 0) is 41.5 Å². The Bertz CT molecular complexity index is 1270. The molecule has 0 bridgehead atoms. The molecule has 0 saturated carbocycles. The summed E-state index contributed by atoms with van der Waals surface area (Å²) in [7, 11) is 1.61. The molecule has 0 N–H and O–H groups in total. The summed E-state index contributed by atoms with van der Waals surface area (Å²) < 4.78 is 6.19. The van der Waals surface area contributed by atoms with E-state index in [4.69, 9.17) is 16.3 Å². The number of thiazole rings is 1. The molecule has 0 aliphatic rings. The maximum absolute atomic E-state index is 13.1. The average molecular weight is 448 g/mol.